The molecule has 1 saturated heterocycles. The van der Waals surface area contributed by atoms with Crippen LogP contribution in [0.3, 0.4) is 0 Å². The fourth-order valence-corrected chi connectivity index (χ4v) is 3.39. The number of benzene rings is 1. The lowest BCUT2D eigenvalue weighted by atomic mass is 9.94. The van der Waals surface area contributed by atoms with Crippen molar-refractivity contribution in [3.63, 3.8) is 0 Å². The second-order valence-corrected chi connectivity index (χ2v) is 6.06. The zero-order valence-corrected chi connectivity index (χ0v) is 8.76. The van der Waals surface area contributed by atoms with Crippen LogP contribution in [-0.4, -0.2) is 19.9 Å². The standard InChI is InChI=1S/C11H13O2S/c12-14(13)8-6-11(7-9-14)10-4-2-1-3-5-10/h2-5,11H,6-9H2. The van der Waals surface area contributed by atoms with E-state index in [4.69, 9.17) is 0 Å². The van der Waals surface area contributed by atoms with Gasteiger partial charge in [-0.1, -0.05) is 24.3 Å². The molecule has 0 aliphatic carbocycles. The highest BCUT2D eigenvalue weighted by atomic mass is 32.2. The Morgan fingerprint density at radius 2 is 1.71 bits per heavy atom. The normalized spacial score (nSPS) is 22.0. The van der Waals surface area contributed by atoms with Gasteiger partial charge in [0.2, 0.25) is 0 Å². The second-order valence-electron chi connectivity index (χ2n) is 3.76. The van der Waals surface area contributed by atoms with Gasteiger partial charge in [-0.05, 0) is 30.4 Å². The van der Waals surface area contributed by atoms with Gasteiger partial charge in [0.05, 0.1) is 11.5 Å². The molecule has 0 spiro atoms. The summed E-state index contributed by atoms with van der Waals surface area (Å²) in [6.45, 7) is 0. The summed E-state index contributed by atoms with van der Waals surface area (Å²) in [5.41, 5.74) is 1.25. The zero-order chi connectivity index (χ0) is 10.0. The van der Waals surface area contributed by atoms with Crippen LogP contribution in [0, 0.1) is 6.07 Å². The molecule has 1 aromatic carbocycles. The van der Waals surface area contributed by atoms with Crippen LogP contribution in [0.15, 0.2) is 24.3 Å². The van der Waals surface area contributed by atoms with E-state index < -0.39 is 9.84 Å². The van der Waals surface area contributed by atoms with Crippen LogP contribution in [0.5, 0.6) is 0 Å². The Hall–Kier alpha value is -0.830. The van der Waals surface area contributed by atoms with Crippen molar-refractivity contribution < 1.29 is 8.42 Å². The fraction of sp³-hybridized carbons (Fsp3) is 0.455. The van der Waals surface area contributed by atoms with E-state index in [1.165, 1.54) is 5.56 Å². The quantitative estimate of drug-likeness (QED) is 0.706. The summed E-state index contributed by atoms with van der Waals surface area (Å²) >= 11 is 0. The molecular formula is C11H13O2S. The molecule has 0 N–H and O–H groups in total. The minimum Gasteiger partial charge on any atom is -0.229 e. The Labute approximate surface area is 84.9 Å². The molecule has 75 valence electrons. The summed E-state index contributed by atoms with van der Waals surface area (Å²) in [7, 11) is -2.73. The molecule has 0 bridgehead atoms. The number of hydrogen-bond acceptors (Lipinski definition) is 2. The maximum absolute atomic E-state index is 11.2. The Morgan fingerprint density at radius 1 is 1.14 bits per heavy atom. The summed E-state index contributed by atoms with van der Waals surface area (Å²) in [4.78, 5) is 0. The predicted octanol–water partition coefficient (Wildman–Crippen LogP) is 1.78. The molecule has 0 saturated carbocycles. The zero-order valence-electron chi connectivity index (χ0n) is 7.94. The summed E-state index contributed by atoms with van der Waals surface area (Å²) < 4.78 is 22.4. The average molecular weight is 209 g/mol. The molecule has 0 amide bonds. The molecule has 1 radical (unpaired) electrons. The second kappa shape index (κ2) is 3.73. The van der Waals surface area contributed by atoms with Crippen molar-refractivity contribution >= 4 is 9.84 Å². The van der Waals surface area contributed by atoms with E-state index in [0.717, 1.165) is 12.8 Å². The average Bonchev–Trinajstić information content (AvgIpc) is 2.19. The van der Waals surface area contributed by atoms with E-state index >= 15 is 0 Å². The van der Waals surface area contributed by atoms with E-state index in [0.29, 0.717) is 17.4 Å². The first-order valence-electron chi connectivity index (χ1n) is 4.84. The van der Waals surface area contributed by atoms with Crippen LogP contribution in [0.4, 0.5) is 0 Å². The predicted molar refractivity (Wildman–Crippen MR) is 55.9 cm³/mol. The third-order valence-corrected chi connectivity index (χ3v) is 4.49. The molecule has 1 fully saturated rings. The number of hydrogen-bond donors (Lipinski definition) is 0. The smallest absolute Gasteiger partial charge is 0.150 e. The first kappa shape index (κ1) is 9.71. The van der Waals surface area contributed by atoms with Crippen LogP contribution >= 0.6 is 0 Å². The molecule has 0 atom stereocenters. The molecular weight excluding hydrogens is 196 g/mol. The van der Waals surface area contributed by atoms with Gasteiger partial charge in [-0.25, -0.2) is 8.42 Å². The van der Waals surface area contributed by atoms with Crippen LogP contribution in [0.2, 0.25) is 0 Å². The SMILES string of the molecule is O=S1(=O)CCC(c2cc[c]cc2)CC1. The van der Waals surface area contributed by atoms with Crippen LogP contribution in [0.25, 0.3) is 0 Å². The van der Waals surface area contributed by atoms with Gasteiger partial charge in [0.15, 0.2) is 0 Å². The monoisotopic (exact) mass is 209 g/mol. The lowest BCUT2D eigenvalue weighted by Gasteiger charge is -2.21. The maximum atomic E-state index is 11.2. The van der Waals surface area contributed by atoms with Gasteiger partial charge in [-0.3, -0.25) is 0 Å². The lowest BCUT2D eigenvalue weighted by molar-refractivity contribution is 0.550. The molecule has 0 aromatic heterocycles. The summed E-state index contributed by atoms with van der Waals surface area (Å²) in [5, 5.41) is 0. The minimum atomic E-state index is -2.73. The van der Waals surface area contributed by atoms with E-state index in [2.05, 4.69) is 6.07 Å². The van der Waals surface area contributed by atoms with E-state index in [9.17, 15) is 8.42 Å². The van der Waals surface area contributed by atoms with Crippen molar-refractivity contribution in [2.75, 3.05) is 11.5 Å². The maximum Gasteiger partial charge on any atom is 0.150 e. The molecule has 2 nitrogen and oxygen atoms in total. The van der Waals surface area contributed by atoms with Crippen molar-refractivity contribution in [1.29, 1.82) is 0 Å². The third kappa shape index (κ3) is 2.15. The Kier molecular flexibility index (Phi) is 2.59. The van der Waals surface area contributed by atoms with Gasteiger partial charge in [-0.2, -0.15) is 0 Å². The van der Waals surface area contributed by atoms with Gasteiger partial charge in [-0.15, -0.1) is 0 Å². The molecule has 3 heteroatoms. The number of rotatable bonds is 1. The first-order valence-corrected chi connectivity index (χ1v) is 6.66. The van der Waals surface area contributed by atoms with E-state index in [1.54, 1.807) is 0 Å². The molecule has 1 heterocycles. The molecule has 1 aromatic rings. The van der Waals surface area contributed by atoms with Crippen molar-refractivity contribution in [3.8, 4) is 0 Å². The van der Waals surface area contributed by atoms with E-state index in [-0.39, 0.29) is 0 Å². The summed E-state index contributed by atoms with van der Waals surface area (Å²) in [6.07, 6.45) is 1.54. The molecule has 1 aliphatic rings. The molecule has 0 unspecified atom stereocenters. The van der Waals surface area contributed by atoms with Crippen molar-refractivity contribution in [2.45, 2.75) is 18.8 Å². The highest BCUT2D eigenvalue weighted by molar-refractivity contribution is 7.91. The molecule has 2 rings (SSSR count). The highest BCUT2D eigenvalue weighted by Gasteiger charge is 2.24. The van der Waals surface area contributed by atoms with Gasteiger partial charge in [0, 0.05) is 0 Å². The fourth-order valence-electron chi connectivity index (χ4n) is 1.90. The molecule has 14 heavy (non-hydrogen) atoms. The largest absolute Gasteiger partial charge is 0.229 e. The molecule has 1 aliphatic heterocycles. The topological polar surface area (TPSA) is 34.1 Å². The summed E-state index contributed by atoms with van der Waals surface area (Å²) in [5.74, 6) is 1.11. The lowest BCUT2D eigenvalue weighted by Crippen LogP contribution is -2.22. The van der Waals surface area contributed by atoms with Crippen LogP contribution in [-0.2, 0) is 9.84 Å². The Morgan fingerprint density at radius 3 is 2.29 bits per heavy atom. The van der Waals surface area contributed by atoms with Gasteiger partial charge in [0.25, 0.3) is 0 Å². The van der Waals surface area contributed by atoms with Gasteiger partial charge < -0.3 is 0 Å². The van der Waals surface area contributed by atoms with Crippen molar-refractivity contribution in [1.82, 2.24) is 0 Å². The van der Waals surface area contributed by atoms with E-state index in [1.807, 2.05) is 24.3 Å². The highest BCUT2D eigenvalue weighted by Crippen LogP contribution is 2.28. The first-order chi connectivity index (χ1) is 6.67. The minimum absolute atomic E-state index is 0.344. The van der Waals surface area contributed by atoms with Crippen molar-refractivity contribution in [3.05, 3.63) is 35.9 Å². The Bertz CT molecular complexity index is 381. The van der Waals surface area contributed by atoms with Gasteiger partial charge >= 0.3 is 0 Å². The Balaban J connectivity index is 2.10. The van der Waals surface area contributed by atoms with Crippen LogP contribution in [0.1, 0.15) is 24.3 Å². The van der Waals surface area contributed by atoms with Crippen molar-refractivity contribution in [2.24, 2.45) is 0 Å². The van der Waals surface area contributed by atoms with Gasteiger partial charge in [0.1, 0.15) is 9.84 Å². The number of sulfone groups is 1. The third-order valence-electron chi connectivity index (χ3n) is 2.77. The summed E-state index contributed by atoms with van der Waals surface area (Å²) in [6, 6.07) is 10.8. The van der Waals surface area contributed by atoms with Crippen LogP contribution < -0.4 is 0 Å².